The van der Waals surface area contributed by atoms with Crippen molar-refractivity contribution in [3.63, 3.8) is 0 Å². The van der Waals surface area contributed by atoms with E-state index >= 15 is 0 Å². The molecule has 0 bridgehead atoms. The molecule has 4 amide bonds. The fourth-order valence-corrected chi connectivity index (χ4v) is 4.58. The fraction of sp³-hybridized carbons (Fsp3) is 0.400. The minimum atomic E-state index is -0.693. The summed E-state index contributed by atoms with van der Waals surface area (Å²) in [4.78, 5) is 43.3. The molecule has 10 heteroatoms. The van der Waals surface area contributed by atoms with E-state index in [1.807, 2.05) is 29.2 Å². The van der Waals surface area contributed by atoms with Gasteiger partial charge in [-0.05, 0) is 48.4 Å². The van der Waals surface area contributed by atoms with Crippen LogP contribution >= 0.6 is 0 Å². The maximum absolute atomic E-state index is 12.8. The van der Waals surface area contributed by atoms with E-state index in [1.54, 1.807) is 25.3 Å². The second-order valence-electron chi connectivity index (χ2n) is 8.72. The van der Waals surface area contributed by atoms with Crippen molar-refractivity contribution in [3.05, 3.63) is 48.0 Å². The van der Waals surface area contributed by atoms with E-state index in [2.05, 4.69) is 10.2 Å². The quantitative estimate of drug-likeness (QED) is 0.605. The number of hydrogen-bond acceptors (Lipinski definition) is 7. The minimum absolute atomic E-state index is 0.00403. The van der Waals surface area contributed by atoms with Crippen LogP contribution in [0.4, 0.5) is 10.5 Å². The third-order valence-electron chi connectivity index (χ3n) is 6.60. The summed E-state index contributed by atoms with van der Waals surface area (Å²) in [6.45, 7) is 3.01. The minimum Gasteiger partial charge on any atom is -0.497 e. The van der Waals surface area contributed by atoms with Crippen LogP contribution in [0.2, 0.25) is 0 Å². The van der Waals surface area contributed by atoms with E-state index in [1.165, 1.54) is 4.90 Å². The summed E-state index contributed by atoms with van der Waals surface area (Å²) in [5, 5.41) is 2.71. The monoisotopic (exact) mass is 480 g/mol. The normalized spacial score (nSPS) is 19.2. The van der Waals surface area contributed by atoms with Gasteiger partial charge in [0.15, 0.2) is 11.5 Å². The fourth-order valence-electron chi connectivity index (χ4n) is 4.58. The molecule has 5 rings (SSSR count). The van der Waals surface area contributed by atoms with Crippen molar-refractivity contribution in [1.82, 2.24) is 15.1 Å². The molecule has 0 unspecified atom stereocenters. The molecule has 2 aromatic rings. The molecule has 3 aliphatic rings. The van der Waals surface area contributed by atoms with Gasteiger partial charge in [0.2, 0.25) is 12.7 Å². The van der Waals surface area contributed by atoms with Crippen LogP contribution < -0.4 is 24.4 Å². The van der Waals surface area contributed by atoms with E-state index < -0.39 is 12.1 Å². The Morgan fingerprint density at radius 2 is 1.77 bits per heavy atom. The maximum atomic E-state index is 12.8. The molecule has 0 aromatic heterocycles. The largest absolute Gasteiger partial charge is 0.497 e. The van der Waals surface area contributed by atoms with Crippen LogP contribution in [-0.4, -0.2) is 73.8 Å². The first-order valence-corrected chi connectivity index (χ1v) is 11.7. The zero-order valence-electron chi connectivity index (χ0n) is 19.6. The number of nitrogens with one attached hydrogen (secondary N) is 1. The number of carbonyl (C=O) groups excluding carboxylic acids is 3. The Morgan fingerprint density at radius 1 is 1.03 bits per heavy atom. The lowest BCUT2D eigenvalue weighted by molar-refractivity contribution is -0.132. The lowest BCUT2D eigenvalue weighted by Gasteiger charge is -2.36. The molecule has 2 aromatic carbocycles. The van der Waals surface area contributed by atoms with E-state index in [0.717, 1.165) is 30.1 Å². The number of anilines is 1. The molecule has 0 radical (unpaired) electrons. The molecule has 2 saturated heterocycles. The number of carbonyl (C=O) groups is 3. The Labute approximate surface area is 203 Å². The predicted molar refractivity (Wildman–Crippen MR) is 126 cm³/mol. The van der Waals surface area contributed by atoms with Crippen molar-refractivity contribution in [3.8, 4) is 17.2 Å². The highest BCUT2D eigenvalue weighted by molar-refractivity contribution is 6.04. The number of methoxy groups -OCH3 is 1. The molecule has 1 N–H and O–H groups in total. The molecule has 35 heavy (non-hydrogen) atoms. The number of fused-ring (bicyclic) bond motifs is 1. The van der Waals surface area contributed by atoms with E-state index in [0.29, 0.717) is 24.6 Å². The van der Waals surface area contributed by atoms with Gasteiger partial charge in [-0.25, -0.2) is 4.79 Å². The van der Waals surface area contributed by atoms with E-state index in [-0.39, 0.29) is 38.0 Å². The Hall–Kier alpha value is -3.95. The van der Waals surface area contributed by atoms with Crippen LogP contribution in [0.15, 0.2) is 42.5 Å². The number of urea groups is 1. The van der Waals surface area contributed by atoms with Gasteiger partial charge in [0.05, 0.1) is 13.7 Å². The summed E-state index contributed by atoms with van der Waals surface area (Å²) < 4.78 is 15.9. The van der Waals surface area contributed by atoms with Gasteiger partial charge in [0.1, 0.15) is 11.8 Å². The van der Waals surface area contributed by atoms with Crippen LogP contribution in [0.1, 0.15) is 18.4 Å². The van der Waals surface area contributed by atoms with Gasteiger partial charge in [0.25, 0.3) is 5.91 Å². The number of imide groups is 1. The van der Waals surface area contributed by atoms with Gasteiger partial charge < -0.3 is 29.3 Å². The number of benzene rings is 2. The molecule has 0 spiro atoms. The zero-order chi connectivity index (χ0) is 24.4. The topological polar surface area (TPSA) is 101 Å². The molecular formula is C25H28N4O6. The summed E-state index contributed by atoms with van der Waals surface area (Å²) in [6.07, 6.45) is 0.483. The van der Waals surface area contributed by atoms with Crippen molar-refractivity contribution >= 4 is 23.5 Å². The summed E-state index contributed by atoms with van der Waals surface area (Å²) >= 11 is 0. The number of amides is 4. The first-order valence-electron chi connectivity index (χ1n) is 11.7. The third kappa shape index (κ3) is 4.82. The Balaban J connectivity index is 1.10. The number of nitrogens with zero attached hydrogens (tertiary/aromatic N) is 3. The van der Waals surface area contributed by atoms with Gasteiger partial charge in [0, 0.05) is 38.3 Å². The SMILES string of the molecule is COc1ccc(N2CCN(C(=O)CC[C@@H]3NC(=O)N(Cc4ccc5c(c4)OCO5)C3=O)CC2)cc1. The molecule has 1 atom stereocenters. The molecule has 3 aliphatic heterocycles. The number of rotatable bonds is 7. The summed E-state index contributed by atoms with van der Waals surface area (Å²) in [6, 6.07) is 12.1. The lowest BCUT2D eigenvalue weighted by Crippen LogP contribution is -2.49. The van der Waals surface area contributed by atoms with Gasteiger partial charge in [-0.1, -0.05) is 6.07 Å². The molecule has 0 aliphatic carbocycles. The van der Waals surface area contributed by atoms with Crippen molar-refractivity contribution in [2.45, 2.75) is 25.4 Å². The van der Waals surface area contributed by atoms with Crippen molar-refractivity contribution in [1.29, 1.82) is 0 Å². The highest BCUT2D eigenvalue weighted by atomic mass is 16.7. The summed E-state index contributed by atoms with van der Waals surface area (Å²) in [5.74, 6) is 1.74. The molecule has 10 nitrogen and oxygen atoms in total. The highest BCUT2D eigenvalue weighted by Crippen LogP contribution is 2.33. The number of ether oxygens (including phenoxy) is 3. The van der Waals surface area contributed by atoms with Crippen LogP contribution in [0.5, 0.6) is 17.2 Å². The van der Waals surface area contributed by atoms with Crippen molar-refractivity contribution in [2.75, 3.05) is 45.0 Å². The molecule has 184 valence electrons. The standard InChI is InChI=1S/C25H28N4O6/c1-33-19-5-3-18(4-6-19)27-10-12-28(13-11-27)23(30)9-7-20-24(31)29(25(32)26-20)15-17-2-8-21-22(14-17)35-16-34-21/h2-6,8,14,20H,7,9-13,15-16H2,1H3,(H,26,32)/t20-/m0/s1. The Kier molecular flexibility index (Phi) is 6.35. The molecular weight excluding hydrogens is 452 g/mol. The average molecular weight is 481 g/mol. The van der Waals surface area contributed by atoms with Crippen LogP contribution in [-0.2, 0) is 16.1 Å². The van der Waals surface area contributed by atoms with Crippen LogP contribution in [0, 0.1) is 0 Å². The van der Waals surface area contributed by atoms with Crippen molar-refractivity contribution < 1.29 is 28.6 Å². The van der Waals surface area contributed by atoms with E-state index in [9.17, 15) is 14.4 Å². The second-order valence-corrected chi connectivity index (χ2v) is 8.72. The van der Waals surface area contributed by atoms with Gasteiger partial charge >= 0.3 is 6.03 Å². The van der Waals surface area contributed by atoms with Crippen molar-refractivity contribution in [2.24, 2.45) is 0 Å². The van der Waals surface area contributed by atoms with Gasteiger partial charge in [-0.2, -0.15) is 0 Å². The van der Waals surface area contributed by atoms with Crippen LogP contribution in [0.3, 0.4) is 0 Å². The Bertz CT molecular complexity index is 1110. The maximum Gasteiger partial charge on any atom is 0.325 e. The predicted octanol–water partition coefficient (Wildman–Crippen LogP) is 1.97. The molecule has 2 fully saturated rings. The van der Waals surface area contributed by atoms with Crippen LogP contribution in [0.25, 0.3) is 0 Å². The molecule has 0 saturated carbocycles. The average Bonchev–Trinajstić information content (AvgIpc) is 3.47. The van der Waals surface area contributed by atoms with Gasteiger partial charge in [-0.15, -0.1) is 0 Å². The first-order chi connectivity index (χ1) is 17.0. The van der Waals surface area contributed by atoms with Gasteiger partial charge in [-0.3, -0.25) is 14.5 Å². The third-order valence-corrected chi connectivity index (χ3v) is 6.60. The highest BCUT2D eigenvalue weighted by Gasteiger charge is 2.38. The lowest BCUT2D eigenvalue weighted by atomic mass is 10.1. The smallest absolute Gasteiger partial charge is 0.325 e. The number of hydrogen-bond donors (Lipinski definition) is 1. The second kappa shape index (κ2) is 9.73. The van der Waals surface area contributed by atoms with E-state index in [4.69, 9.17) is 14.2 Å². The number of piperazine rings is 1. The Morgan fingerprint density at radius 3 is 2.51 bits per heavy atom. The summed E-state index contributed by atoms with van der Waals surface area (Å²) in [7, 11) is 1.64. The molecule has 3 heterocycles. The summed E-state index contributed by atoms with van der Waals surface area (Å²) in [5.41, 5.74) is 1.86. The first kappa shape index (κ1) is 22.8. The zero-order valence-corrected chi connectivity index (χ0v) is 19.6.